The first-order valence-electron chi connectivity index (χ1n) is 7.47. The molecule has 0 amide bonds. The van der Waals surface area contributed by atoms with Crippen LogP contribution in [0, 0.1) is 6.92 Å². The molecule has 3 unspecified atom stereocenters. The molecular weight excluding hydrogens is 272 g/mol. The van der Waals surface area contributed by atoms with Crippen LogP contribution < -0.4 is 0 Å². The average molecular weight is 294 g/mol. The van der Waals surface area contributed by atoms with Crippen LogP contribution in [0.15, 0.2) is 4.52 Å². The predicted molar refractivity (Wildman–Crippen MR) is 74.4 cm³/mol. The summed E-state index contributed by atoms with van der Waals surface area (Å²) in [5, 5.41) is 3.93. The van der Waals surface area contributed by atoms with Gasteiger partial charge in [0.1, 0.15) is 12.1 Å². The molecule has 2 saturated heterocycles. The van der Waals surface area contributed by atoms with E-state index in [0.717, 1.165) is 25.9 Å². The van der Waals surface area contributed by atoms with Gasteiger partial charge in [0, 0.05) is 32.5 Å². The molecule has 0 radical (unpaired) electrons. The molecular formula is C14H22N4O3. The summed E-state index contributed by atoms with van der Waals surface area (Å²) in [5.74, 6) is 1.23. The number of aromatic nitrogens is 2. The van der Waals surface area contributed by atoms with Gasteiger partial charge in [0.25, 0.3) is 0 Å². The maximum Gasteiger partial charge on any atom is 0.323 e. The molecule has 0 saturated carbocycles. The fourth-order valence-electron chi connectivity index (χ4n) is 3.20. The van der Waals surface area contributed by atoms with E-state index in [9.17, 15) is 4.79 Å². The van der Waals surface area contributed by atoms with Crippen LogP contribution in [-0.2, 0) is 16.1 Å². The zero-order valence-corrected chi connectivity index (χ0v) is 12.8. The van der Waals surface area contributed by atoms with E-state index in [1.54, 1.807) is 6.92 Å². The average Bonchev–Trinajstić information content (AvgIpc) is 3.10. The summed E-state index contributed by atoms with van der Waals surface area (Å²) in [4.78, 5) is 20.5. The minimum Gasteiger partial charge on any atom is -0.461 e. The summed E-state index contributed by atoms with van der Waals surface area (Å²) in [6.07, 6.45) is 1.90. The van der Waals surface area contributed by atoms with Crippen LogP contribution in [0.3, 0.4) is 0 Å². The normalized spacial score (nSPS) is 30.3. The molecule has 21 heavy (non-hydrogen) atoms. The fraction of sp³-hybridized carbons (Fsp3) is 0.786. The molecule has 0 spiro atoms. The molecule has 0 bridgehead atoms. The zero-order valence-electron chi connectivity index (χ0n) is 12.8. The highest BCUT2D eigenvalue weighted by Crippen LogP contribution is 2.25. The van der Waals surface area contributed by atoms with Gasteiger partial charge in [-0.3, -0.25) is 14.6 Å². The van der Waals surface area contributed by atoms with Crippen molar-refractivity contribution in [3.63, 3.8) is 0 Å². The Labute approximate surface area is 124 Å². The standard InChI is InChI=1S/C14H22N4O3/c1-9-6-12(14(19)20-9)18-5-4-11(7-18)17(3)8-13-15-10(2)21-16-13/h9,11-12H,4-8H2,1-3H3. The van der Waals surface area contributed by atoms with Crippen LogP contribution in [0.25, 0.3) is 0 Å². The van der Waals surface area contributed by atoms with Crippen LogP contribution >= 0.6 is 0 Å². The maximum atomic E-state index is 11.8. The highest BCUT2D eigenvalue weighted by molar-refractivity contribution is 5.78. The quantitative estimate of drug-likeness (QED) is 0.752. The van der Waals surface area contributed by atoms with Gasteiger partial charge in [-0.25, -0.2) is 0 Å². The second kappa shape index (κ2) is 5.73. The first-order chi connectivity index (χ1) is 10.0. The third-order valence-electron chi connectivity index (χ3n) is 4.36. The molecule has 2 aliphatic rings. The number of cyclic esters (lactones) is 1. The van der Waals surface area contributed by atoms with E-state index in [4.69, 9.17) is 9.26 Å². The molecule has 3 rings (SSSR count). The monoisotopic (exact) mass is 294 g/mol. The Balaban J connectivity index is 1.55. The van der Waals surface area contributed by atoms with Crippen LogP contribution in [0.2, 0.25) is 0 Å². The SMILES string of the molecule is Cc1nc(CN(C)C2CCN(C3CC(C)OC3=O)C2)no1. The van der Waals surface area contributed by atoms with E-state index < -0.39 is 0 Å². The van der Waals surface area contributed by atoms with Gasteiger partial charge in [0.05, 0.1) is 6.54 Å². The lowest BCUT2D eigenvalue weighted by atomic mass is 10.1. The number of ether oxygens (including phenoxy) is 1. The van der Waals surface area contributed by atoms with Gasteiger partial charge in [-0.05, 0) is 20.4 Å². The number of carbonyl (C=O) groups excluding carboxylic acids is 1. The first kappa shape index (κ1) is 14.5. The van der Waals surface area contributed by atoms with Crippen molar-refractivity contribution in [2.24, 2.45) is 0 Å². The van der Waals surface area contributed by atoms with Crippen molar-refractivity contribution in [2.75, 3.05) is 20.1 Å². The molecule has 0 aliphatic carbocycles. The van der Waals surface area contributed by atoms with Crippen molar-refractivity contribution in [3.05, 3.63) is 11.7 Å². The maximum absolute atomic E-state index is 11.8. The minimum atomic E-state index is -0.0698. The predicted octanol–water partition coefficient (Wildman–Crippen LogP) is 0.588. The van der Waals surface area contributed by atoms with Gasteiger partial charge in [0.15, 0.2) is 5.82 Å². The highest BCUT2D eigenvalue weighted by Gasteiger charge is 2.40. The number of hydrogen-bond acceptors (Lipinski definition) is 7. The molecule has 3 heterocycles. The fourth-order valence-corrected chi connectivity index (χ4v) is 3.20. The lowest BCUT2D eigenvalue weighted by Crippen LogP contribution is -2.40. The van der Waals surface area contributed by atoms with Gasteiger partial charge in [-0.2, -0.15) is 4.98 Å². The number of aryl methyl sites for hydroxylation is 1. The smallest absolute Gasteiger partial charge is 0.323 e. The third-order valence-corrected chi connectivity index (χ3v) is 4.36. The lowest BCUT2D eigenvalue weighted by Gasteiger charge is -2.24. The Hall–Kier alpha value is -1.47. The third kappa shape index (κ3) is 3.08. The summed E-state index contributed by atoms with van der Waals surface area (Å²) < 4.78 is 10.3. The van der Waals surface area contributed by atoms with Crippen molar-refractivity contribution < 1.29 is 14.1 Å². The van der Waals surface area contributed by atoms with Crippen LogP contribution in [0.4, 0.5) is 0 Å². The second-order valence-corrected chi connectivity index (χ2v) is 6.08. The summed E-state index contributed by atoms with van der Waals surface area (Å²) in [6, 6.07) is 0.346. The Morgan fingerprint density at radius 3 is 2.90 bits per heavy atom. The van der Waals surface area contributed by atoms with Crippen molar-refractivity contribution >= 4 is 5.97 Å². The summed E-state index contributed by atoms with van der Waals surface area (Å²) >= 11 is 0. The molecule has 7 nitrogen and oxygen atoms in total. The zero-order chi connectivity index (χ0) is 15.0. The number of likely N-dealkylation sites (N-methyl/N-ethyl adjacent to an activating group) is 1. The Kier molecular flexibility index (Phi) is 3.95. The Morgan fingerprint density at radius 2 is 2.29 bits per heavy atom. The van der Waals surface area contributed by atoms with E-state index in [1.165, 1.54) is 0 Å². The molecule has 3 atom stereocenters. The van der Waals surface area contributed by atoms with Gasteiger partial charge in [-0.15, -0.1) is 0 Å². The van der Waals surface area contributed by atoms with Crippen molar-refractivity contribution in [3.8, 4) is 0 Å². The van der Waals surface area contributed by atoms with E-state index >= 15 is 0 Å². The van der Waals surface area contributed by atoms with E-state index in [1.807, 2.05) is 6.92 Å². The van der Waals surface area contributed by atoms with Crippen LogP contribution in [0.1, 0.15) is 31.5 Å². The van der Waals surface area contributed by atoms with Gasteiger partial charge in [-0.1, -0.05) is 5.16 Å². The number of hydrogen-bond donors (Lipinski definition) is 0. The number of likely N-dealkylation sites (tertiary alicyclic amines) is 1. The van der Waals surface area contributed by atoms with E-state index in [0.29, 0.717) is 24.3 Å². The van der Waals surface area contributed by atoms with Crippen molar-refractivity contribution in [2.45, 2.75) is 51.4 Å². The molecule has 2 fully saturated rings. The minimum absolute atomic E-state index is 0.0431. The number of carbonyl (C=O) groups is 1. The molecule has 0 aromatic carbocycles. The molecule has 1 aromatic heterocycles. The van der Waals surface area contributed by atoms with Crippen molar-refractivity contribution in [1.82, 2.24) is 19.9 Å². The summed E-state index contributed by atoms with van der Waals surface area (Å²) in [6.45, 7) is 6.24. The van der Waals surface area contributed by atoms with Crippen LogP contribution in [0.5, 0.6) is 0 Å². The molecule has 1 aromatic rings. The largest absolute Gasteiger partial charge is 0.461 e. The van der Waals surface area contributed by atoms with Gasteiger partial charge in [0.2, 0.25) is 5.89 Å². The molecule has 0 N–H and O–H groups in total. The molecule has 2 aliphatic heterocycles. The number of esters is 1. The number of rotatable bonds is 4. The van der Waals surface area contributed by atoms with E-state index in [2.05, 4.69) is 27.0 Å². The summed E-state index contributed by atoms with van der Waals surface area (Å²) in [5.41, 5.74) is 0. The lowest BCUT2D eigenvalue weighted by molar-refractivity contribution is -0.144. The Morgan fingerprint density at radius 1 is 1.48 bits per heavy atom. The van der Waals surface area contributed by atoms with Gasteiger partial charge >= 0.3 is 5.97 Å². The number of nitrogens with zero attached hydrogens (tertiary/aromatic N) is 4. The summed E-state index contributed by atoms with van der Waals surface area (Å²) in [7, 11) is 2.06. The van der Waals surface area contributed by atoms with Crippen molar-refractivity contribution in [1.29, 1.82) is 0 Å². The second-order valence-electron chi connectivity index (χ2n) is 6.08. The first-order valence-corrected chi connectivity index (χ1v) is 7.47. The van der Waals surface area contributed by atoms with Gasteiger partial charge < -0.3 is 9.26 Å². The molecule has 116 valence electrons. The van der Waals surface area contributed by atoms with Crippen LogP contribution in [-0.4, -0.2) is 64.2 Å². The highest BCUT2D eigenvalue weighted by atomic mass is 16.6. The van der Waals surface area contributed by atoms with E-state index in [-0.39, 0.29) is 18.1 Å². The Bertz CT molecular complexity index is 518. The molecule has 7 heteroatoms. The topological polar surface area (TPSA) is 71.7 Å².